The fraction of sp³-hybridized carbons (Fsp3) is 0.455. The Morgan fingerprint density at radius 2 is 2.19 bits per heavy atom. The molecule has 0 bridgehead atoms. The monoisotopic (exact) mass is 244 g/mol. The number of nitrogens with two attached hydrogens (primary N) is 1. The van der Waals surface area contributed by atoms with E-state index in [0.29, 0.717) is 10.9 Å². The summed E-state index contributed by atoms with van der Waals surface area (Å²) < 4.78 is 26.4. The standard InChI is InChI=1S/C11H14F2N2S/c1-7-6-15(2-3-16-7)10-5-8(12)4-9(13)11(10)14/h4-5,7H,2-3,6,14H2,1H3. The van der Waals surface area contributed by atoms with Gasteiger partial charge >= 0.3 is 0 Å². The maximum Gasteiger partial charge on any atom is 0.151 e. The summed E-state index contributed by atoms with van der Waals surface area (Å²) in [5, 5.41) is 0.458. The third-order valence-electron chi connectivity index (χ3n) is 2.65. The Balaban J connectivity index is 2.32. The quantitative estimate of drug-likeness (QED) is 0.770. The Hall–Kier alpha value is -0.970. The molecule has 0 aromatic heterocycles. The number of rotatable bonds is 1. The zero-order valence-electron chi connectivity index (χ0n) is 9.04. The van der Waals surface area contributed by atoms with Crippen LogP contribution in [0, 0.1) is 11.6 Å². The van der Waals surface area contributed by atoms with Crippen LogP contribution in [-0.2, 0) is 0 Å². The van der Waals surface area contributed by atoms with E-state index >= 15 is 0 Å². The Labute approximate surface area is 97.8 Å². The van der Waals surface area contributed by atoms with Crippen molar-refractivity contribution < 1.29 is 8.78 Å². The first kappa shape index (κ1) is 11.5. The molecule has 88 valence electrons. The van der Waals surface area contributed by atoms with Gasteiger partial charge < -0.3 is 10.6 Å². The van der Waals surface area contributed by atoms with Crippen LogP contribution in [0.1, 0.15) is 6.92 Å². The minimum atomic E-state index is -0.680. The Morgan fingerprint density at radius 3 is 2.88 bits per heavy atom. The van der Waals surface area contributed by atoms with Crippen molar-refractivity contribution in [3.8, 4) is 0 Å². The fourth-order valence-corrected chi connectivity index (χ4v) is 2.88. The lowest BCUT2D eigenvalue weighted by Gasteiger charge is -2.33. The van der Waals surface area contributed by atoms with E-state index in [4.69, 9.17) is 5.73 Å². The van der Waals surface area contributed by atoms with Crippen LogP contribution < -0.4 is 10.6 Å². The van der Waals surface area contributed by atoms with Crippen molar-refractivity contribution in [2.24, 2.45) is 0 Å². The zero-order chi connectivity index (χ0) is 11.7. The molecule has 2 N–H and O–H groups in total. The number of nitrogen functional groups attached to an aromatic ring is 1. The summed E-state index contributed by atoms with van der Waals surface area (Å²) >= 11 is 1.86. The molecule has 0 saturated carbocycles. The highest BCUT2D eigenvalue weighted by Crippen LogP contribution is 2.30. The molecular formula is C11H14F2N2S. The summed E-state index contributed by atoms with van der Waals surface area (Å²) in [6, 6.07) is 2.13. The summed E-state index contributed by atoms with van der Waals surface area (Å²) in [6.07, 6.45) is 0. The number of anilines is 2. The first-order valence-corrected chi connectivity index (χ1v) is 6.24. The lowest BCUT2D eigenvalue weighted by Crippen LogP contribution is -2.37. The number of hydrogen-bond donors (Lipinski definition) is 1. The second-order valence-corrected chi connectivity index (χ2v) is 5.49. The minimum Gasteiger partial charge on any atom is -0.395 e. The summed E-state index contributed by atoms with van der Waals surface area (Å²) in [7, 11) is 0. The van der Waals surface area contributed by atoms with E-state index in [1.807, 2.05) is 16.7 Å². The van der Waals surface area contributed by atoms with E-state index in [1.165, 1.54) is 6.07 Å². The van der Waals surface area contributed by atoms with Crippen molar-refractivity contribution in [2.75, 3.05) is 29.5 Å². The van der Waals surface area contributed by atoms with Gasteiger partial charge in [0, 0.05) is 30.2 Å². The van der Waals surface area contributed by atoms with Crippen LogP contribution in [0.15, 0.2) is 12.1 Å². The molecule has 5 heteroatoms. The molecule has 2 rings (SSSR count). The predicted molar refractivity (Wildman–Crippen MR) is 64.9 cm³/mol. The summed E-state index contributed by atoms with van der Waals surface area (Å²) in [6.45, 7) is 3.66. The van der Waals surface area contributed by atoms with Crippen molar-refractivity contribution in [1.29, 1.82) is 0 Å². The first-order valence-electron chi connectivity index (χ1n) is 5.19. The molecule has 1 fully saturated rings. The lowest BCUT2D eigenvalue weighted by molar-refractivity contribution is 0.584. The Kier molecular flexibility index (Phi) is 3.23. The smallest absolute Gasteiger partial charge is 0.151 e. The molecule has 0 aliphatic carbocycles. The highest BCUT2D eigenvalue weighted by atomic mass is 32.2. The molecule has 1 heterocycles. The van der Waals surface area contributed by atoms with Gasteiger partial charge in [-0.3, -0.25) is 0 Å². The van der Waals surface area contributed by atoms with E-state index in [0.717, 1.165) is 24.9 Å². The van der Waals surface area contributed by atoms with E-state index in [9.17, 15) is 8.78 Å². The SMILES string of the molecule is CC1CN(c2cc(F)cc(F)c2N)CCS1. The molecule has 1 aliphatic rings. The average Bonchev–Trinajstić information content (AvgIpc) is 2.23. The zero-order valence-corrected chi connectivity index (χ0v) is 9.86. The van der Waals surface area contributed by atoms with Gasteiger partial charge in [-0.2, -0.15) is 11.8 Å². The molecule has 0 radical (unpaired) electrons. The summed E-state index contributed by atoms with van der Waals surface area (Å²) in [5.41, 5.74) is 6.16. The van der Waals surface area contributed by atoms with Gasteiger partial charge in [0.15, 0.2) is 5.82 Å². The Morgan fingerprint density at radius 1 is 1.44 bits per heavy atom. The fourth-order valence-electron chi connectivity index (χ4n) is 1.87. The first-order chi connectivity index (χ1) is 7.58. The van der Waals surface area contributed by atoms with Crippen LogP contribution in [0.2, 0.25) is 0 Å². The van der Waals surface area contributed by atoms with Crippen molar-refractivity contribution in [3.05, 3.63) is 23.8 Å². The van der Waals surface area contributed by atoms with Gasteiger partial charge in [0.2, 0.25) is 0 Å². The van der Waals surface area contributed by atoms with E-state index in [1.54, 1.807) is 0 Å². The molecule has 1 aromatic carbocycles. The molecule has 2 nitrogen and oxygen atoms in total. The molecule has 1 aromatic rings. The molecule has 1 saturated heterocycles. The van der Waals surface area contributed by atoms with Crippen LogP contribution in [-0.4, -0.2) is 24.1 Å². The number of hydrogen-bond acceptors (Lipinski definition) is 3. The highest BCUT2D eigenvalue weighted by Gasteiger charge is 2.20. The van der Waals surface area contributed by atoms with Crippen LogP contribution in [0.5, 0.6) is 0 Å². The maximum absolute atomic E-state index is 13.3. The van der Waals surface area contributed by atoms with Gasteiger partial charge in [0.1, 0.15) is 5.82 Å². The van der Waals surface area contributed by atoms with Crippen molar-refractivity contribution >= 4 is 23.1 Å². The van der Waals surface area contributed by atoms with Crippen molar-refractivity contribution in [1.82, 2.24) is 0 Å². The van der Waals surface area contributed by atoms with Crippen molar-refractivity contribution in [2.45, 2.75) is 12.2 Å². The minimum absolute atomic E-state index is 0.0421. The molecule has 1 unspecified atom stereocenters. The average molecular weight is 244 g/mol. The lowest BCUT2D eigenvalue weighted by atomic mass is 10.2. The summed E-state index contributed by atoms with van der Waals surface area (Å²) in [4.78, 5) is 1.95. The van der Waals surface area contributed by atoms with Crippen LogP contribution in [0.25, 0.3) is 0 Å². The van der Waals surface area contributed by atoms with E-state index in [2.05, 4.69) is 6.92 Å². The second kappa shape index (κ2) is 4.49. The van der Waals surface area contributed by atoms with Gasteiger partial charge in [-0.25, -0.2) is 8.78 Å². The largest absolute Gasteiger partial charge is 0.395 e. The molecule has 0 spiro atoms. The third kappa shape index (κ3) is 2.24. The molecule has 1 aliphatic heterocycles. The van der Waals surface area contributed by atoms with Gasteiger partial charge in [-0.1, -0.05) is 6.92 Å². The third-order valence-corrected chi connectivity index (χ3v) is 3.79. The topological polar surface area (TPSA) is 29.3 Å². The second-order valence-electron chi connectivity index (χ2n) is 3.95. The number of nitrogens with zero attached hydrogens (tertiary/aromatic N) is 1. The highest BCUT2D eigenvalue weighted by molar-refractivity contribution is 8.00. The number of benzene rings is 1. The predicted octanol–water partition coefficient (Wildman–Crippen LogP) is 2.49. The van der Waals surface area contributed by atoms with Gasteiger partial charge in [0.25, 0.3) is 0 Å². The van der Waals surface area contributed by atoms with Crippen molar-refractivity contribution in [3.63, 3.8) is 0 Å². The van der Waals surface area contributed by atoms with Gasteiger partial charge in [0.05, 0.1) is 11.4 Å². The van der Waals surface area contributed by atoms with Crippen LogP contribution in [0.4, 0.5) is 20.2 Å². The maximum atomic E-state index is 13.3. The molecule has 16 heavy (non-hydrogen) atoms. The van der Waals surface area contributed by atoms with Gasteiger partial charge in [-0.15, -0.1) is 0 Å². The van der Waals surface area contributed by atoms with Crippen LogP contribution >= 0.6 is 11.8 Å². The Bertz CT molecular complexity index is 398. The molecule has 0 amide bonds. The number of halogens is 2. The molecule has 1 atom stereocenters. The normalized spacial score (nSPS) is 21.2. The van der Waals surface area contributed by atoms with E-state index in [-0.39, 0.29) is 5.69 Å². The van der Waals surface area contributed by atoms with E-state index < -0.39 is 11.6 Å². The number of thioether (sulfide) groups is 1. The van der Waals surface area contributed by atoms with Gasteiger partial charge in [-0.05, 0) is 6.07 Å². The molecular weight excluding hydrogens is 230 g/mol. The summed E-state index contributed by atoms with van der Waals surface area (Å²) in [5.74, 6) is -0.299. The van der Waals surface area contributed by atoms with Crippen LogP contribution in [0.3, 0.4) is 0 Å².